The first-order chi connectivity index (χ1) is 10.6. The van der Waals surface area contributed by atoms with Crippen LogP contribution in [0.2, 0.25) is 0 Å². The number of likely N-dealkylation sites (tertiary alicyclic amines) is 1. The molecule has 5 nitrogen and oxygen atoms in total. The topological polar surface area (TPSA) is 81.0 Å². The van der Waals surface area contributed by atoms with Crippen LogP contribution in [-0.4, -0.2) is 52.0 Å². The van der Waals surface area contributed by atoms with Gasteiger partial charge in [0.1, 0.15) is 0 Å². The first-order valence-corrected chi connectivity index (χ1v) is 7.14. The highest BCUT2D eigenvalue weighted by Gasteiger charge is 2.38. The molecular weight excluding hydrogens is 315 g/mol. The van der Waals surface area contributed by atoms with Gasteiger partial charge in [0.15, 0.2) is 11.5 Å². The summed E-state index contributed by atoms with van der Waals surface area (Å²) in [4.78, 5) is 11.3. The van der Waals surface area contributed by atoms with Gasteiger partial charge in [-0.05, 0) is 50.4 Å². The summed E-state index contributed by atoms with van der Waals surface area (Å²) < 4.78 is 31.7. The number of rotatable bonds is 0. The molecule has 0 amide bonds. The number of fused-ring (bicyclic) bond motifs is 2. The molecule has 1 aliphatic carbocycles. The Balaban J connectivity index is 0.000000236. The van der Waals surface area contributed by atoms with Gasteiger partial charge in [0.25, 0.3) is 0 Å². The number of alkyl halides is 3. The van der Waals surface area contributed by atoms with Crippen LogP contribution in [0.15, 0.2) is 12.1 Å². The summed E-state index contributed by atoms with van der Waals surface area (Å²) in [6.07, 6.45) is -1.97. The number of nitrogens with zero attached hydrogens (tertiary/aromatic N) is 1. The van der Waals surface area contributed by atoms with E-state index in [1.165, 1.54) is 12.0 Å². The minimum Gasteiger partial charge on any atom is -0.504 e. The molecule has 1 aliphatic heterocycles. The monoisotopic (exact) mass is 333 g/mol. The quantitative estimate of drug-likeness (QED) is 0.634. The third-order valence-corrected chi connectivity index (χ3v) is 4.46. The third kappa shape index (κ3) is 3.69. The average molecular weight is 333 g/mol. The maximum atomic E-state index is 10.6. The van der Waals surface area contributed by atoms with Crippen molar-refractivity contribution < 1.29 is 33.3 Å². The van der Waals surface area contributed by atoms with Gasteiger partial charge < -0.3 is 20.2 Å². The fraction of sp³-hybridized carbons (Fsp3) is 0.533. The van der Waals surface area contributed by atoms with Crippen LogP contribution < -0.4 is 0 Å². The summed E-state index contributed by atoms with van der Waals surface area (Å²) in [6, 6.07) is 4.17. The molecule has 1 aromatic carbocycles. The van der Waals surface area contributed by atoms with Crippen molar-refractivity contribution >= 4 is 5.97 Å². The van der Waals surface area contributed by atoms with Gasteiger partial charge >= 0.3 is 12.1 Å². The van der Waals surface area contributed by atoms with E-state index in [1.54, 1.807) is 6.07 Å². The fourth-order valence-corrected chi connectivity index (χ4v) is 3.22. The highest BCUT2D eigenvalue weighted by molar-refractivity contribution is 5.73. The van der Waals surface area contributed by atoms with Gasteiger partial charge in [-0.25, -0.2) is 4.79 Å². The largest absolute Gasteiger partial charge is 0.504 e. The summed E-state index contributed by atoms with van der Waals surface area (Å²) >= 11 is 0. The molecule has 1 heterocycles. The molecule has 2 atom stereocenters. The second-order valence-corrected chi connectivity index (χ2v) is 5.88. The molecule has 0 aromatic heterocycles. The zero-order valence-corrected chi connectivity index (χ0v) is 12.5. The zero-order valence-electron chi connectivity index (χ0n) is 12.5. The van der Waals surface area contributed by atoms with Crippen LogP contribution in [0.5, 0.6) is 11.5 Å². The van der Waals surface area contributed by atoms with E-state index in [-0.39, 0.29) is 11.5 Å². The van der Waals surface area contributed by atoms with Crippen molar-refractivity contribution in [2.45, 2.75) is 31.5 Å². The predicted molar refractivity (Wildman–Crippen MR) is 75.4 cm³/mol. The van der Waals surface area contributed by atoms with E-state index in [0.717, 1.165) is 24.9 Å². The van der Waals surface area contributed by atoms with Crippen LogP contribution in [0.25, 0.3) is 0 Å². The van der Waals surface area contributed by atoms with Crippen molar-refractivity contribution in [3.63, 3.8) is 0 Å². The number of carboxylic acids is 1. The second kappa shape index (κ2) is 6.27. The average Bonchev–Trinajstić information content (AvgIpc) is 2.82. The number of hydrogen-bond donors (Lipinski definition) is 3. The predicted octanol–water partition coefficient (Wildman–Crippen LogP) is 2.15. The molecule has 3 N–H and O–H groups in total. The van der Waals surface area contributed by atoms with Gasteiger partial charge in [-0.3, -0.25) is 0 Å². The molecule has 0 radical (unpaired) electrons. The Bertz CT molecular complexity index is 603. The van der Waals surface area contributed by atoms with Gasteiger partial charge in [0, 0.05) is 11.6 Å². The number of halogens is 3. The SMILES string of the molecule is CN1CC[C@H]2Cc3c(ccc(O)c3O)C[C@@H]21.O=C(O)C(F)(F)F. The van der Waals surface area contributed by atoms with Crippen molar-refractivity contribution in [2.24, 2.45) is 5.92 Å². The van der Waals surface area contributed by atoms with Gasteiger partial charge in [-0.1, -0.05) is 6.07 Å². The molecular formula is C15H18F3NO4. The van der Waals surface area contributed by atoms with Crippen molar-refractivity contribution in [1.29, 1.82) is 0 Å². The highest BCUT2D eigenvalue weighted by Crippen LogP contribution is 2.41. The summed E-state index contributed by atoms with van der Waals surface area (Å²) in [5, 5.41) is 26.5. The number of carbonyl (C=O) groups is 1. The van der Waals surface area contributed by atoms with Gasteiger partial charge in [0.2, 0.25) is 0 Å². The molecule has 0 spiro atoms. The Hall–Kier alpha value is -1.96. The lowest BCUT2D eigenvalue weighted by Crippen LogP contribution is -2.35. The minimum absolute atomic E-state index is 0.0172. The minimum atomic E-state index is -5.08. The molecule has 8 heteroatoms. The summed E-state index contributed by atoms with van der Waals surface area (Å²) in [5.41, 5.74) is 2.17. The number of phenols is 2. The Kier molecular flexibility index (Phi) is 4.74. The number of phenolic OH excluding ortho intramolecular Hbond substituents is 2. The normalized spacial score (nSPS) is 23.5. The fourth-order valence-electron chi connectivity index (χ4n) is 3.22. The number of likely N-dealkylation sites (N-methyl/N-ethyl adjacent to an activating group) is 1. The smallest absolute Gasteiger partial charge is 0.490 e. The van der Waals surface area contributed by atoms with E-state index in [4.69, 9.17) is 9.90 Å². The lowest BCUT2D eigenvalue weighted by atomic mass is 9.80. The molecule has 128 valence electrons. The highest BCUT2D eigenvalue weighted by atomic mass is 19.4. The van der Waals surface area contributed by atoms with Crippen LogP contribution in [0.3, 0.4) is 0 Å². The molecule has 3 rings (SSSR count). The number of aromatic hydroxyl groups is 2. The van der Waals surface area contributed by atoms with Crippen LogP contribution >= 0.6 is 0 Å². The van der Waals surface area contributed by atoms with Gasteiger partial charge in [-0.15, -0.1) is 0 Å². The van der Waals surface area contributed by atoms with E-state index < -0.39 is 12.1 Å². The van der Waals surface area contributed by atoms with Crippen molar-refractivity contribution in [1.82, 2.24) is 4.90 Å². The van der Waals surface area contributed by atoms with Gasteiger partial charge in [-0.2, -0.15) is 13.2 Å². The van der Waals surface area contributed by atoms with Crippen molar-refractivity contribution in [3.8, 4) is 11.5 Å². The standard InChI is InChI=1S/C13H17NO2.C2HF3O2/c1-14-5-4-9-6-10-8(7-11(9)14)2-3-12(15)13(10)16;3-2(4,5)1(6)7/h2-3,9,11,15-16H,4-7H2,1H3;(H,6,7)/t9-,11-;/m0./s1. The van der Waals surface area contributed by atoms with Crippen molar-refractivity contribution in [2.75, 3.05) is 13.6 Å². The molecule has 2 aliphatic rings. The first-order valence-electron chi connectivity index (χ1n) is 7.14. The Labute approximate surface area is 131 Å². The summed E-state index contributed by atoms with van der Waals surface area (Å²) in [7, 11) is 2.18. The molecule has 1 saturated heterocycles. The van der Waals surface area contributed by atoms with E-state index in [9.17, 15) is 23.4 Å². The van der Waals surface area contributed by atoms with E-state index in [2.05, 4.69) is 11.9 Å². The van der Waals surface area contributed by atoms with Crippen LogP contribution in [0.4, 0.5) is 13.2 Å². The van der Waals surface area contributed by atoms with Crippen LogP contribution in [-0.2, 0) is 17.6 Å². The van der Waals surface area contributed by atoms with Crippen LogP contribution in [0.1, 0.15) is 17.5 Å². The number of aliphatic carboxylic acids is 1. The molecule has 1 aromatic rings. The maximum absolute atomic E-state index is 10.6. The lowest BCUT2D eigenvalue weighted by Gasteiger charge is -2.31. The number of benzene rings is 1. The van der Waals surface area contributed by atoms with Gasteiger partial charge in [0.05, 0.1) is 0 Å². The third-order valence-electron chi connectivity index (χ3n) is 4.46. The van der Waals surface area contributed by atoms with Crippen molar-refractivity contribution in [3.05, 3.63) is 23.3 Å². The van der Waals surface area contributed by atoms with Crippen LogP contribution in [0, 0.1) is 5.92 Å². The van der Waals surface area contributed by atoms with E-state index >= 15 is 0 Å². The second-order valence-electron chi connectivity index (χ2n) is 5.88. The molecule has 0 saturated carbocycles. The Morgan fingerprint density at radius 3 is 2.43 bits per heavy atom. The lowest BCUT2D eigenvalue weighted by molar-refractivity contribution is -0.192. The summed E-state index contributed by atoms with van der Waals surface area (Å²) in [5.74, 6) is -1.99. The molecule has 0 unspecified atom stereocenters. The molecule has 0 bridgehead atoms. The zero-order chi connectivity index (χ0) is 17.4. The summed E-state index contributed by atoms with van der Waals surface area (Å²) in [6.45, 7) is 1.15. The number of hydrogen-bond acceptors (Lipinski definition) is 4. The Morgan fingerprint density at radius 2 is 1.87 bits per heavy atom. The van der Waals surface area contributed by atoms with E-state index in [1.807, 2.05) is 6.07 Å². The molecule has 23 heavy (non-hydrogen) atoms. The Morgan fingerprint density at radius 1 is 1.26 bits per heavy atom. The maximum Gasteiger partial charge on any atom is 0.490 e. The number of carboxylic acid groups (broad SMARTS) is 1. The first kappa shape index (κ1) is 17.4. The van der Waals surface area contributed by atoms with E-state index in [0.29, 0.717) is 12.0 Å². The molecule has 1 fully saturated rings.